The fourth-order valence-corrected chi connectivity index (χ4v) is 8.90. The molecule has 8 nitrogen and oxygen atoms in total. The number of unbranched alkanes of at least 4 members (excludes halogenated alkanes) is 18. The maximum absolute atomic E-state index is 6.86. The fraction of sp³-hybridized carbons (Fsp3) is 0.588. The van der Waals surface area contributed by atoms with Crippen molar-refractivity contribution >= 4 is 18.2 Å². The van der Waals surface area contributed by atoms with Gasteiger partial charge >= 0.3 is 0 Å². The van der Waals surface area contributed by atoms with Crippen molar-refractivity contribution < 1.29 is 37.9 Å². The molecule has 0 unspecified atom stereocenters. The van der Waals surface area contributed by atoms with Gasteiger partial charge in [-0.25, -0.2) is 0 Å². The first-order valence-corrected chi connectivity index (χ1v) is 30.3. The summed E-state index contributed by atoms with van der Waals surface area (Å²) >= 11 is 0. The smallest absolute Gasteiger partial charge is 0.203 e. The average Bonchev–Trinajstić information content (AvgIpc) is 3.43. The van der Waals surface area contributed by atoms with Crippen LogP contribution in [0, 0.1) is 6.92 Å². The van der Waals surface area contributed by atoms with Crippen LogP contribution in [0.5, 0.6) is 46.0 Å². The molecule has 0 amide bonds. The molecule has 76 heavy (non-hydrogen) atoms. The average molecular weight is 1050 g/mol. The molecule has 0 radical (unpaired) electrons. The summed E-state index contributed by atoms with van der Waals surface area (Å²) in [4.78, 5) is 0. The van der Waals surface area contributed by atoms with Gasteiger partial charge in [0.2, 0.25) is 11.5 Å². The first-order chi connectivity index (χ1) is 37.4. The summed E-state index contributed by atoms with van der Waals surface area (Å²) in [6.45, 7) is 21.9. The Hall–Kier alpha value is -5.24. The lowest BCUT2D eigenvalue weighted by Gasteiger charge is -2.20. The summed E-state index contributed by atoms with van der Waals surface area (Å²) in [5.74, 6) is 5.83. The van der Waals surface area contributed by atoms with Crippen LogP contribution in [0.25, 0.3) is 18.2 Å². The Morgan fingerprint density at radius 1 is 0.316 bits per heavy atom. The van der Waals surface area contributed by atoms with E-state index in [1.54, 1.807) is 0 Å². The molecule has 0 aliphatic heterocycles. The molecule has 0 saturated carbocycles. The van der Waals surface area contributed by atoms with Crippen molar-refractivity contribution in [2.24, 2.45) is 0 Å². The topological polar surface area (TPSA) is 73.8 Å². The second-order valence-corrected chi connectivity index (χ2v) is 20.5. The van der Waals surface area contributed by atoms with Crippen LogP contribution in [0.15, 0.2) is 66.7 Å². The minimum atomic E-state index is 0.309. The zero-order chi connectivity index (χ0) is 54.3. The maximum atomic E-state index is 6.86. The molecule has 0 saturated heterocycles. The maximum Gasteiger partial charge on any atom is 0.203 e. The van der Waals surface area contributed by atoms with Crippen LogP contribution in [0.1, 0.15) is 236 Å². The summed E-state index contributed by atoms with van der Waals surface area (Å²) in [7, 11) is 0. The van der Waals surface area contributed by atoms with Crippen molar-refractivity contribution in [3.05, 3.63) is 100 Å². The summed E-state index contributed by atoms with van der Waals surface area (Å²) in [6.07, 6.45) is 35.4. The van der Waals surface area contributed by atoms with Crippen LogP contribution in [0.3, 0.4) is 0 Å². The largest absolute Gasteiger partial charge is 0.490 e. The SMILES string of the molecule is CC=Cc1ccc(C=Cc2cc(OCc3cc(OCCCCCC)c(OCCCCCC)c(OCCCCCC)c3)c(C)cc2OCc2cc(OCCCCCC)c(OCCCCCC)c(OCCCCCC)c2)cc1. The highest BCUT2D eigenvalue weighted by molar-refractivity contribution is 5.74. The Morgan fingerprint density at radius 2 is 0.645 bits per heavy atom. The molecule has 0 aliphatic carbocycles. The van der Waals surface area contributed by atoms with Gasteiger partial charge in [-0.3, -0.25) is 0 Å². The second kappa shape index (κ2) is 40.0. The van der Waals surface area contributed by atoms with E-state index in [-0.39, 0.29) is 0 Å². The minimum absolute atomic E-state index is 0.309. The molecule has 4 aromatic rings. The van der Waals surface area contributed by atoms with Gasteiger partial charge in [0.15, 0.2) is 23.0 Å². The van der Waals surface area contributed by atoms with Gasteiger partial charge in [-0.15, -0.1) is 0 Å². The van der Waals surface area contributed by atoms with Crippen LogP contribution in [-0.4, -0.2) is 39.6 Å². The van der Waals surface area contributed by atoms with E-state index < -0.39 is 0 Å². The van der Waals surface area contributed by atoms with Crippen molar-refractivity contribution in [2.75, 3.05) is 39.6 Å². The van der Waals surface area contributed by atoms with Crippen molar-refractivity contribution in [3.63, 3.8) is 0 Å². The van der Waals surface area contributed by atoms with E-state index in [1.165, 1.54) is 77.0 Å². The van der Waals surface area contributed by atoms with E-state index in [2.05, 4.69) is 133 Å². The van der Waals surface area contributed by atoms with Crippen molar-refractivity contribution in [1.82, 2.24) is 0 Å². The summed E-state index contributed by atoms with van der Waals surface area (Å²) < 4.78 is 53.0. The molecular weight excluding hydrogens is 945 g/mol. The minimum Gasteiger partial charge on any atom is -0.490 e. The van der Waals surface area contributed by atoms with Crippen LogP contribution in [0.2, 0.25) is 0 Å². The highest BCUT2D eigenvalue weighted by atomic mass is 16.5. The van der Waals surface area contributed by atoms with Gasteiger partial charge in [-0.05, 0) is 117 Å². The third-order valence-corrected chi connectivity index (χ3v) is 13.5. The zero-order valence-electron chi connectivity index (χ0n) is 49.0. The summed E-state index contributed by atoms with van der Waals surface area (Å²) in [5, 5.41) is 0. The number of rotatable bonds is 45. The lowest BCUT2D eigenvalue weighted by atomic mass is 10.1. The highest BCUT2D eigenvalue weighted by Gasteiger charge is 2.20. The normalized spacial score (nSPS) is 11.4. The van der Waals surface area contributed by atoms with Gasteiger partial charge in [-0.2, -0.15) is 0 Å². The molecule has 0 heterocycles. The van der Waals surface area contributed by atoms with Crippen LogP contribution < -0.4 is 37.9 Å². The number of ether oxygens (including phenoxy) is 8. The van der Waals surface area contributed by atoms with E-state index in [0.29, 0.717) is 64.4 Å². The number of hydrogen-bond donors (Lipinski definition) is 0. The molecule has 0 aliphatic rings. The molecule has 0 spiro atoms. The molecule has 0 atom stereocenters. The summed E-state index contributed by atoms with van der Waals surface area (Å²) in [5.41, 5.74) is 6.04. The Balaban J connectivity index is 1.72. The lowest BCUT2D eigenvalue weighted by Crippen LogP contribution is -2.08. The van der Waals surface area contributed by atoms with Crippen molar-refractivity contribution in [3.8, 4) is 46.0 Å². The zero-order valence-corrected chi connectivity index (χ0v) is 49.0. The van der Waals surface area contributed by atoms with Gasteiger partial charge in [0.1, 0.15) is 24.7 Å². The first-order valence-electron chi connectivity index (χ1n) is 30.3. The predicted octanol–water partition coefficient (Wildman–Crippen LogP) is 20.1. The molecule has 4 aromatic carbocycles. The Labute approximate surface area is 462 Å². The molecule has 0 bridgehead atoms. The van der Waals surface area contributed by atoms with Gasteiger partial charge < -0.3 is 37.9 Å². The molecule has 0 N–H and O–H groups in total. The molecule has 0 aromatic heterocycles. The van der Waals surface area contributed by atoms with E-state index in [9.17, 15) is 0 Å². The Kier molecular flexibility index (Phi) is 33.3. The number of aryl methyl sites for hydroxylation is 1. The Morgan fingerprint density at radius 3 is 0.987 bits per heavy atom. The van der Waals surface area contributed by atoms with Gasteiger partial charge in [0, 0.05) is 5.56 Å². The quantitative estimate of drug-likeness (QED) is 0.0320. The summed E-state index contributed by atoms with van der Waals surface area (Å²) in [6, 6.07) is 21.1. The van der Waals surface area contributed by atoms with Crippen LogP contribution >= 0.6 is 0 Å². The van der Waals surface area contributed by atoms with Crippen LogP contribution in [-0.2, 0) is 13.2 Å². The van der Waals surface area contributed by atoms with Gasteiger partial charge in [-0.1, -0.05) is 206 Å². The molecular formula is C68H102O8. The number of allylic oxidation sites excluding steroid dienone is 1. The van der Waals surface area contributed by atoms with E-state index in [0.717, 1.165) is 145 Å². The predicted molar refractivity (Wildman–Crippen MR) is 321 cm³/mol. The van der Waals surface area contributed by atoms with E-state index in [4.69, 9.17) is 37.9 Å². The lowest BCUT2D eigenvalue weighted by molar-refractivity contribution is 0.232. The van der Waals surface area contributed by atoms with E-state index in [1.807, 2.05) is 6.92 Å². The highest BCUT2D eigenvalue weighted by Crippen LogP contribution is 2.42. The number of hydrogen-bond acceptors (Lipinski definition) is 8. The molecule has 8 heteroatoms. The standard InChI is InChI=1S/C68H102O8/c1-9-16-22-28-41-69-63-48-58(49-64(70-42-29-23-17-10-2)67(63)73-45-32-26-20-13-5)53-75-61-52-60(40-39-57-37-35-56(34-15-7)36-38-57)62(47-55(61)8)76-54-59-50-65(71-43-30-24-18-11-3)68(74-46-33-27-21-14-6)66(51-59)72-44-31-25-19-12-4/h15,34-40,47-52H,9-14,16-33,41-46,53-54H2,1-8H3. The third kappa shape index (κ3) is 24.8. The molecule has 0 fully saturated rings. The van der Waals surface area contributed by atoms with Crippen LogP contribution in [0.4, 0.5) is 0 Å². The van der Waals surface area contributed by atoms with Gasteiger partial charge in [0.05, 0.1) is 39.6 Å². The third-order valence-electron chi connectivity index (χ3n) is 13.5. The number of benzene rings is 4. The monoisotopic (exact) mass is 1050 g/mol. The first kappa shape index (κ1) is 63.3. The van der Waals surface area contributed by atoms with Crippen molar-refractivity contribution in [2.45, 2.75) is 223 Å². The van der Waals surface area contributed by atoms with E-state index >= 15 is 0 Å². The second-order valence-electron chi connectivity index (χ2n) is 20.5. The molecule has 4 rings (SSSR count). The fourth-order valence-electron chi connectivity index (χ4n) is 8.90. The molecule has 422 valence electrons. The Bertz CT molecular complexity index is 2120. The van der Waals surface area contributed by atoms with Gasteiger partial charge in [0.25, 0.3) is 0 Å². The van der Waals surface area contributed by atoms with Crippen molar-refractivity contribution in [1.29, 1.82) is 0 Å².